The Bertz CT molecular complexity index is 1000. The number of carbonyl (C=O) groups is 1. The molecule has 3 aromatic rings. The van der Waals surface area contributed by atoms with Crippen molar-refractivity contribution in [3.8, 4) is 11.5 Å². The van der Waals surface area contributed by atoms with Crippen LogP contribution in [0.3, 0.4) is 0 Å². The van der Waals surface area contributed by atoms with E-state index in [4.69, 9.17) is 4.42 Å². The topological polar surface area (TPSA) is 59.2 Å². The lowest BCUT2D eigenvalue weighted by molar-refractivity contribution is 0.0773. The molecule has 0 spiro atoms. The highest BCUT2D eigenvalue weighted by atomic mass is 16.4. The van der Waals surface area contributed by atoms with Crippen molar-refractivity contribution in [3.05, 3.63) is 71.1 Å². The van der Waals surface area contributed by atoms with E-state index >= 15 is 0 Å². The maximum absolute atomic E-state index is 12.8. The zero-order chi connectivity index (χ0) is 22.1. The first-order valence-corrected chi connectivity index (χ1v) is 10.2. The SMILES string of the molecule is CN(Cc1nnc(-c2ccc(C(C)(C)C)cc2)o1)C(=O)c1ccc(C(C)(C)C)cc1. The molecule has 1 heterocycles. The first-order valence-electron chi connectivity index (χ1n) is 10.2. The molecule has 0 aliphatic rings. The van der Waals surface area contributed by atoms with Crippen LogP contribution in [0, 0.1) is 0 Å². The highest BCUT2D eigenvalue weighted by Crippen LogP contribution is 2.26. The quantitative estimate of drug-likeness (QED) is 0.566. The molecule has 0 saturated carbocycles. The van der Waals surface area contributed by atoms with Crippen LogP contribution < -0.4 is 0 Å². The van der Waals surface area contributed by atoms with Gasteiger partial charge in [-0.1, -0.05) is 65.8 Å². The van der Waals surface area contributed by atoms with Crippen molar-refractivity contribution < 1.29 is 9.21 Å². The van der Waals surface area contributed by atoms with E-state index in [9.17, 15) is 4.79 Å². The molecule has 1 aromatic heterocycles. The van der Waals surface area contributed by atoms with Crippen molar-refractivity contribution in [2.24, 2.45) is 0 Å². The summed E-state index contributed by atoms with van der Waals surface area (Å²) in [7, 11) is 1.74. The summed E-state index contributed by atoms with van der Waals surface area (Å²) in [6, 6.07) is 15.9. The zero-order valence-electron chi connectivity index (χ0n) is 19.0. The van der Waals surface area contributed by atoms with E-state index in [0.29, 0.717) is 17.3 Å². The van der Waals surface area contributed by atoms with Crippen LogP contribution in [0.25, 0.3) is 11.5 Å². The minimum absolute atomic E-state index is 0.0543. The van der Waals surface area contributed by atoms with Crippen LogP contribution in [0.2, 0.25) is 0 Å². The lowest BCUT2D eigenvalue weighted by atomic mass is 9.86. The number of hydrogen-bond donors (Lipinski definition) is 0. The largest absolute Gasteiger partial charge is 0.419 e. The molecule has 0 atom stereocenters. The van der Waals surface area contributed by atoms with E-state index in [2.05, 4.69) is 63.9 Å². The van der Waals surface area contributed by atoms with E-state index in [0.717, 1.165) is 5.56 Å². The van der Waals surface area contributed by atoms with Gasteiger partial charge in [-0.05, 0) is 46.2 Å². The van der Waals surface area contributed by atoms with Gasteiger partial charge in [-0.2, -0.15) is 0 Å². The van der Waals surface area contributed by atoms with Crippen LogP contribution in [0.1, 0.15) is 68.9 Å². The summed E-state index contributed by atoms with van der Waals surface area (Å²) >= 11 is 0. The summed E-state index contributed by atoms with van der Waals surface area (Å²) in [6.45, 7) is 13.2. The van der Waals surface area contributed by atoms with E-state index in [-0.39, 0.29) is 23.3 Å². The molecule has 1 amide bonds. The smallest absolute Gasteiger partial charge is 0.254 e. The summed E-state index contributed by atoms with van der Waals surface area (Å²) in [5, 5.41) is 8.26. The lowest BCUT2D eigenvalue weighted by Gasteiger charge is -2.20. The van der Waals surface area contributed by atoms with Gasteiger partial charge in [0, 0.05) is 18.2 Å². The van der Waals surface area contributed by atoms with Crippen LogP contribution >= 0.6 is 0 Å². The van der Waals surface area contributed by atoms with Gasteiger partial charge in [0.25, 0.3) is 5.91 Å². The Kier molecular flexibility index (Phi) is 5.84. The van der Waals surface area contributed by atoms with Gasteiger partial charge in [0.05, 0.1) is 6.54 Å². The summed E-state index contributed by atoms with van der Waals surface area (Å²) < 4.78 is 5.80. The van der Waals surface area contributed by atoms with Crippen molar-refractivity contribution in [1.29, 1.82) is 0 Å². The van der Waals surface area contributed by atoms with Crippen LogP contribution in [0.4, 0.5) is 0 Å². The summed E-state index contributed by atoms with van der Waals surface area (Å²) in [5.74, 6) is 0.789. The third kappa shape index (κ3) is 4.96. The van der Waals surface area contributed by atoms with Gasteiger partial charge in [-0.15, -0.1) is 10.2 Å². The number of nitrogens with zero attached hydrogens (tertiary/aromatic N) is 3. The van der Waals surface area contributed by atoms with Gasteiger partial charge in [0.15, 0.2) is 0 Å². The monoisotopic (exact) mass is 405 g/mol. The van der Waals surface area contributed by atoms with Crippen LogP contribution in [0.15, 0.2) is 52.9 Å². The Hall–Kier alpha value is -2.95. The number of aromatic nitrogens is 2. The maximum atomic E-state index is 12.8. The molecule has 0 saturated heterocycles. The van der Waals surface area contributed by atoms with Crippen molar-refractivity contribution >= 4 is 5.91 Å². The molecule has 0 aliphatic carbocycles. The first kappa shape index (κ1) is 21.8. The van der Waals surface area contributed by atoms with Crippen molar-refractivity contribution in [2.45, 2.75) is 58.9 Å². The molecule has 0 fully saturated rings. The first-order chi connectivity index (χ1) is 13.9. The van der Waals surface area contributed by atoms with Crippen molar-refractivity contribution in [1.82, 2.24) is 15.1 Å². The number of hydrogen-bond acceptors (Lipinski definition) is 4. The van der Waals surface area contributed by atoms with Gasteiger partial charge in [0.1, 0.15) is 0 Å². The minimum atomic E-state index is -0.0789. The molecular weight excluding hydrogens is 374 g/mol. The highest BCUT2D eigenvalue weighted by molar-refractivity contribution is 5.94. The average molecular weight is 406 g/mol. The summed E-state index contributed by atoms with van der Waals surface area (Å²) in [5.41, 5.74) is 4.09. The van der Waals surface area contributed by atoms with Crippen molar-refractivity contribution in [3.63, 3.8) is 0 Å². The number of amides is 1. The maximum Gasteiger partial charge on any atom is 0.254 e. The van der Waals surface area contributed by atoms with Crippen molar-refractivity contribution in [2.75, 3.05) is 7.05 Å². The molecule has 2 aromatic carbocycles. The van der Waals surface area contributed by atoms with Gasteiger partial charge >= 0.3 is 0 Å². The predicted octanol–water partition coefficient (Wildman–Crippen LogP) is 5.60. The summed E-state index contributed by atoms with van der Waals surface area (Å²) in [4.78, 5) is 14.3. The summed E-state index contributed by atoms with van der Waals surface area (Å²) in [6.07, 6.45) is 0. The third-order valence-corrected chi connectivity index (χ3v) is 5.18. The molecule has 0 N–H and O–H groups in total. The van der Waals surface area contributed by atoms with E-state index in [1.165, 1.54) is 11.1 Å². The van der Waals surface area contributed by atoms with Crippen LogP contribution in [0.5, 0.6) is 0 Å². The molecule has 30 heavy (non-hydrogen) atoms. The number of rotatable bonds is 4. The lowest BCUT2D eigenvalue weighted by Crippen LogP contribution is -2.26. The normalized spacial score (nSPS) is 12.1. The molecule has 0 radical (unpaired) electrons. The Morgan fingerprint density at radius 3 is 1.83 bits per heavy atom. The third-order valence-electron chi connectivity index (χ3n) is 5.18. The Balaban J connectivity index is 1.68. The number of benzene rings is 2. The number of carbonyl (C=O) groups excluding carboxylic acids is 1. The Labute approximate surface area is 179 Å². The Morgan fingerprint density at radius 2 is 1.33 bits per heavy atom. The van der Waals surface area contributed by atoms with E-state index in [1.54, 1.807) is 11.9 Å². The molecule has 0 bridgehead atoms. The van der Waals surface area contributed by atoms with Gasteiger partial charge in [-0.3, -0.25) is 4.79 Å². The fraction of sp³-hybridized carbons (Fsp3) is 0.400. The predicted molar refractivity (Wildman–Crippen MR) is 119 cm³/mol. The molecule has 5 heteroatoms. The van der Waals surface area contributed by atoms with Gasteiger partial charge < -0.3 is 9.32 Å². The molecule has 158 valence electrons. The van der Waals surface area contributed by atoms with E-state index in [1.807, 2.05) is 36.4 Å². The molecule has 3 rings (SSSR count). The zero-order valence-corrected chi connectivity index (χ0v) is 19.0. The van der Waals surface area contributed by atoms with E-state index < -0.39 is 0 Å². The second-order valence-corrected chi connectivity index (χ2v) is 9.82. The standard InChI is InChI=1S/C25H31N3O2/c1-24(2,3)19-12-8-17(9-13-19)22-27-26-21(30-22)16-28(7)23(29)18-10-14-20(15-11-18)25(4,5)6/h8-15H,16H2,1-7H3. The second kappa shape index (κ2) is 8.05. The van der Waals surface area contributed by atoms with Gasteiger partial charge in [-0.25, -0.2) is 0 Å². The molecule has 0 aliphatic heterocycles. The fourth-order valence-corrected chi connectivity index (χ4v) is 3.15. The molecular formula is C25H31N3O2. The van der Waals surface area contributed by atoms with Crippen LogP contribution in [-0.2, 0) is 17.4 Å². The van der Waals surface area contributed by atoms with Crippen LogP contribution in [-0.4, -0.2) is 28.1 Å². The average Bonchev–Trinajstić information content (AvgIpc) is 3.14. The highest BCUT2D eigenvalue weighted by Gasteiger charge is 2.19. The second-order valence-electron chi connectivity index (χ2n) is 9.82. The Morgan fingerprint density at radius 1 is 0.833 bits per heavy atom. The minimum Gasteiger partial charge on any atom is -0.419 e. The molecule has 0 unspecified atom stereocenters. The molecule has 5 nitrogen and oxygen atoms in total. The fourth-order valence-electron chi connectivity index (χ4n) is 3.15. The van der Waals surface area contributed by atoms with Gasteiger partial charge in [0.2, 0.25) is 11.8 Å².